The Kier molecular flexibility index (Phi) is 4.17. The zero-order chi connectivity index (χ0) is 17.1. The van der Waals surface area contributed by atoms with E-state index in [0.717, 1.165) is 33.3 Å². The molecule has 0 radical (unpaired) electrons. The Morgan fingerprint density at radius 3 is 2.79 bits per heavy atom. The summed E-state index contributed by atoms with van der Waals surface area (Å²) in [5.41, 5.74) is 4.59. The van der Waals surface area contributed by atoms with E-state index in [2.05, 4.69) is 10.3 Å². The van der Waals surface area contributed by atoms with Crippen LogP contribution in [-0.4, -0.2) is 10.9 Å². The van der Waals surface area contributed by atoms with Gasteiger partial charge in [-0.25, -0.2) is 0 Å². The number of anilines is 1. The number of H-pyrrole nitrogens is 1. The number of nitrogens with zero attached hydrogens (tertiary/aromatic N) is 1. The van der Waals surface area contributed by atoms with Crippen LogP contribution in [0.4, 0.5) is 5.69 Å². The molecule has 0 spiro atoms. The molecule has 3 aromatic rings. The van der Waals surface area contributed by atoms with Crippen LogP contribution in [0, 0.1) is 25.2 Å². The van der Waals surface area contributed by atoms with Gasteiger partial charge >= 0.3 is 0 Å². The number of aromatic amines is 1. The third kappa shape index (κ3) is 3.06. The summed E-state index contributed by atoms with van der Waals surface area (Å²) in [5.74, 6) is -0.406. The van der Waals surface area contributed by atoms with Crippen molar-refractivity contribution < 1.29 is 4.79 Å². The molecule has 118 valence electrons. The van der Waals surface area contributed by atoms with Crippen LogP contribution in [0.3, 0.4) is 0 Å². The Hall–Kier alpha value is -3.32. The minimum Gasteiger partial charge on any atom is -0.361 e. The van der Waals surface area contributed by atoms with Gasteiger partial charge in [-0.3, -0.25) is 4.79 Å². The van der Waals surface area contributed by atoms with Crippen molar-refractivity contribution in [2.45, 2.75) is 13.8 Å². The van der Waals surface area contributed by atoms with E-state index >= 15 is 0 Å². The zero-order valence-corrected chi connectivity index (χ0v) is 13.6. The summed E-state index contributed by atoms with van der Waals surface area (Å²) in [6, 6.07) is 15.6. The van der Waals surface area contributed by atoms with Gasteiger partial charge in [-0.2, -0.15) is 5.26 Å². The Labute approximate surface area is 140 Å². The second kappa shape index (κ2) is 6.43. The van der Waals surface area contributed by atoms with Gasteiger partial charge in [-0.1, -0.05) is 30.3 Å². The van der Waals surface area contributed by atoms with Gasteiger partial charge in [0.15, 0.2) is 0 Å². The summed E-state index contributed by atoms with van der Waals surface area (Å²) in [6.07, 6.45) is 3.41. The van der Waals surface area contributed by atoms with E-state index in [-0.39, 0.29) is 5.57 Å². The first-order chi connectivity index (χ1) is 11.6. The number of benzene rings is 2. The highest BCUT2D eigenvalue weighted by Gasteiger charge is 2.12. The number of carbonyl (C=O) groups excluding carboxylic acids is 1. The largest absolute Gasteiger partial charge is 0.361 e. The zero-order valence-electron chi connectivity index (χ0n) is 13.6. The normalized spacial score (nSPS) is 11.3. The molecule has 0 aliphatic heterocycles. The lowest BCUT2D eigenvalue weighted by Gasteiger charge is -2.08. The number of nitriles is 1. The van der Waals surface area contributed by atoms with Crippen LogP contribution in [0.5, 0.6) is 0 Å². The summed E-state index contributed by atoms with van der Waals surface area (Å²) in [7, 11) is 0. The number of hydrogen-bond donors (Lipinski definition) is 2. The van der Waals surface area contributed by atoms with Crippen molar-refractivity contribution in [2.24, 2.45) is 0 Å². The van der Waals surface area contributed by atoms with Crippen molar-refractivity contribution in [1.82, 2.24) is 4.98 Å². The summed E-state index contributed by atoms with van der Waals surface area (Å²) in [6.45, 7) is 3.88. The Balaban J connectivity index is 1.92. The fraction of sp³-hybridized carbons (Fsp3) is 0.100. The van der Waals surface area contributed by atoms with Gasteiger partial charge in [-0.15, -0.1) is 0 Å². The molecule has 0 aliphatic carbocycles. The average molecular weight is 315 g/mol. The van der Waals surface area contributed by atoms with Gasteiger partial charge in [0, 0.05) is 28.4 Å². The molecule has 0 aliphatic rings. The van der Waals surface area contributed by atoms with Gasteiger partial charge in [0.25, 0.3) is 5.91 Å². The summed E-state index contributed by atoms with van der Waals surface area (Å²) in [5, 5.41) is 13.2. The SMILES string of the molecule is Cc1ccc(C)c(NC(=O)/C(C#N)=C/c2c[nH]c3ccccc23)c1. The molecule has 4 heteroatoms. The highest BCUT2D eigenvalue weighted by Crippen LogP contribution is 2.21. The Morgan fingerprint density at radius 2 is 2.00 bits per heavy atom. The number of aromatic nitrogens is 1. The van der Waals surface area contributed by atoms with Crippen molar-refractivity contribution in [1.29, 1.82) is 5.26 Å². The lowest BCUT2D eigenvalue weighted by Crippen LogP contribution is -2.14. The number of amides is 1. The monoisotopic (exact) mass is 315 g/mol. The van der Waals surface area contributed by atoms with Gasteiger partial charge in [0.1, 0.15) is 11.6 Å². The molecule has 0 saturated carbocycles. The second-order valence-electron chi connectivity index (χ2n) is 5.73. The van der Waals surface area contributed by atoms with Crippen LogP contribution >= 0.6 is 0 Å². The predicted molar refractivity (Wildman–Crippen MR) is 96.4 cm³/mol. The van der Waals surface area contributed by atoms with E-state index in [1.54, 1.807) is 12.3 Å². The minimum atomic E-state index is -0.406. The van der Waals surface area contributed by atoms with Crippen LogP contribution in [0.25, 0.3) is 17.0 Å². The minimum absolute atomic E-state index is 0.0701. The molecule has 0 bridgehead atoms. The molecular weight excluding hydrogens is 298 g/mol. The fourth-order valence-electron chi connectivity index (χ4n) is 2.58. The van der Waals surface area contributed by atoms with Crippen molar-refractivity contribution in [3.8, 4) is 6.07 Å². The van der Waals surface area contributed by atoms with Gasteiger partial charge < -0.3 is 10.3 Å². The first kappa shape index (κ1) is 15.6. The second-order valence-corrected chi connectivity index (χ2v) is 5.73. The van der Waals surface area contributed by atoms with E-state index in [9.17, 15) is 10.1 Å². The number of carbonyl (C=O) groups is 1. The summed E-state index contributed by atoms with van der Waals surface area (Å²) in [4.78, 5) is 15.6. The number of hydrogen-bond acceptors (Lipinski definition) is 2. The summed E-state index contributed by atoms with van der Waals surface area (Å²) >= 11 is 0. The Morgan fingerprint density at radius 1 is 1.21 bits per heavy atom. The average Bonchev–Trinajstić information content (AvgIpc) is 2.99. The number of aryl methyl sites for hydroxylation is 2. The van der Waals surface area contributed by atoms with Gasteiger partial charge in [0.2, 0.25) is 0 Å². The number of fused-ring (bicyclic) bond motifs is 1. The number of rotatable bonds is 3. The molecule has 3 rings (SSSR count). The van der Waals surface area contributed by atoms with Crippen molar-refractivity contribution in [2.75, 3.05) is 5.32 Å². The third-order valence-corrected chi connectivity index (χ3v) is 3.93. The molecule has 2 aromatic carbocycles. The maximum Gasteiger partial charge on any atom is 0.266 e. The highest BCUT2D eigenvalue weighted by atomic mass is 16.1. The molecule has 1 heterocycles. The quantitative estimate of drug-likeness (QED) is 0.558. The molecule has 4 nitrogen and oxygen atoms in total. The standard InChI is InChI=1S/C20H17N3O/c1-13-7-8-14(2)19(9-13)23-20(24)15(11-21)10-16-12-22-18-6-4-3-5-17(16)18/h3-10,12,22H,1-2H3,(H,23,24)/b15-10+. The van der Waals surface area contributed by atoms with Crippen molar-refractivity contribution in [3.05, 3.63) is 70.9 Å². The van der Waals surface area contributed by atoms with Crippen LogP contribution in [0.2, 0.25) is 0 Å². The lowest BCUT2D eigenvalue weighted by atomic mass is 10.1. The van der Waals surface area contributed by atoms with Crippen LogP contribution < -0.4 is 5.32 Å². The molecule has 0 atom stereocenters. The molecular formula is C20H17N3O. The molecule has 1 aromatic heterocycles. The maximum absolute atomic E-state index is 12.5. The van der Waals surface area contributed by atoms with E-state index < -0.39 is 5.91 Å². The maximum atomic E-state index is 12.5. The molecule has 1 amide bonds. The fourth-order valence-corrected chi connectivity index (χ4v) is 2.58. The van der Waals surface area contributed by atoms with Crippen molar-refractivity contribution >= 4 is 28.6 Å². The number of para-hydroxylation sites is 1. The van der Waals surface area contributed by atoms with Crippen molar-refractivity contribution in [3.63, 3.8) is 0 Å². The first-order valence-electron chi connectivity index (χ1n) is 7.65. The van der Waals surface area contributed by atoms with E-state index in [1.165, 1.54) is 0 Å². The summed E-state index contributed by atoms with van der Waals surface area (Å²) < 4.78 is 0. The number of nitrogens with one attached hydrogen (secondary N) is 2. The lowest BCUT2D eigenvalue weighted by molar-refractivity contribution is -0.112. The first-order valence-corrected chi connectivity index (χ1v) is 7.65. The predicted octanol–water partition coefficient (Wildman–Crippen LogP) is 4.33. The van der Waals surface area contributed by atoms with E-state index in [4.69, 9.17) is 0 Å². The van der Waals surface area contributed by atoms with E-state index in [1.807, 2.05) is 62.4 Å². The van der Waals surface area contributed by atoms with Crippen LogP contribution in [-0.2, 0) is 4.79 Å². The van der Waals surface area contributed by atoms with Gasteiger partial charge in [-0.05, 0) is 43.2 Å². The van der Waals surface area contributed by atoms with Crippen LogP contribution in [0.1, 0.15) is 16.7 Å². The molecule has 2 N–H and O–H groups in total. The smallest absolute Gasteiger partial charge is 0.266 e. The highest BCUT2D eigenvalue weighted by molar-refractivity contribution is 6.11. The van der Waals surface area contributed by atoms with E-state index in [0.29, 0.717) is 0 Å². The topological polar surface area (TPSA) is 68.7 Å². The molecule has 24 heavy (non-hydrogen) atoms. The molecule has 0 fully saturated rings. The third-order valence-electron chi connectivity index (χ3n) is 3.93. The molecule has 0 unspecified atom stereocenters. The molecule has 0 saturated heterocycles. The van der Waals surface area contributed by atoms with Crippen LogP contribution in [0.15, 0.2) is 54.2 Å². The Bertz CT molecular complexity index is 990. The van der Waals surface area contributed by atoms with Gasteiger partial charge in [0.05, 0.1) is 0 Å².